The Bertz CT molecular complexity index is 696. The summed E-state index contributed by atoms with van der Waals surface area (Å²) in [5.41, 5.74) is -1.57. The fourth-order valence-corrected chi connectivity index (χ4v) is 5.25. The lowest BCUT2D eigenvalue weighted by Gasteiger charge is -2.44. The molecule has 2 rings (SSSR count). The lowest BCUT2D eigenvalue weighted by atomic mass is 9.81. The van der Waals surface area contributed by atoms with Crippen LogP contribution < -0.4 is 0 Å². The van der Waals surface area contributed by atoms with Gasteiger partial charge in [0.05, 0.1) is 24.2 Å². The molecule has 11 atom stereocenters. The molecule has 34 heavy (non-hydrogen) atoms. The van der Waals surface area contributed by atoms with Crippen molar-refractivity contribution in [1.82, 2.24) is 4.90 Å². The minimum absolute atomic E-state index is 0.00924. The molecule has 2 aliphatic heterocycles. The van der Waals surface area contributed by atoms with Crippen LogP contribution in [-0.2, 0) is 23.8 Å². The fourth-order valence-electron chi connectivity index (χ4n) is 5.25. The molecule has 9 nitrogen and oxygen atoms in total. The van der Waals surface area contributed by atoms with Crippen molar-refractivity contribution in [2.75, 3.05) is 14.1 Å². The summed E-state index contributed by atoms with van der Waals surface area (Å²) in [6, 6.07) is -0.173. The zero-order valence-electron chi connectivity index (χ0n) is 21.9. The highest BCUT2D eigenvalue weighted by Crippen LogP contribution is 2.33. The number of aliphatic hydroxyl groups excluding tert-OH is 2. The number of carbonyl (C=O) groups excluding carboxylic acids is 2. The third-order valence-corrected chi connectivity index (χ3v) is 7.44. The molecule has 0 aromatic heterocycles. The molecule has 2 fully saturated rings. The highest BCUT2D eigenvalue weighted by atomic mass is 16.7. The topological polar surface area (TPSA) is 126 Å². The number of Topliss-reactive ketones (excluding diaryl/α,β-unsaturated/α-hetero) is 1. The SMILES string of the molecule is CC(O)C1OC(=O)[C@H](C)C(O[C@@H]2O[C@H](C)C[C@H](N(C)C)[C@H]2O)[C@@H](C)C[C@@H](C)C(=O)CC[C@]1(C)O. The van der Waals surface area contributed by atoms with Crippen LogP contribution in [-0.4, -0.2) is 94.5 Å². The first kappa shape index (κ1) is 29.1. The fraction of sp³-hybridized carbons (Fsp3) is 0.920. The largest absolute Gasteiger partial charge is 0.456 e. The number of ketones is 1. The number of nitrogens with zero attached hydrogens (tertiary/aromatic N) is 1. The number of carbonyl (C=O) groups is 2. The Balaban J connectivity index is 2.37. The quantitative estimate of drug-likeness (QED) is 0.506. The molecule has 9 heteroatoms. The number of ether oxygens (including phenoxy) is 3. The summed E-state index contributed by atoms with van der Waals surface area (Å²) >= 11 is 0. The summed E-state index contributed by atoms with van der Waals surface area (Å²) in [5, 5.41) is 32.1. The van der Waals surface area contributed by atoms with E-state index < -0.39 is 48.2 Å². The van der Waals surface area contributed by atoms with Crippen molar-refractivity contribution in [3.8, 4) is 0 Å². The Morgan fingerprint density at radius 1 is 1.15 bits per heavy atom. The van der Waals surface area contributed by atoms with Gasteiger partial charge < -0.3 is 34.4 Å². The Labute approximate surface area is 203 Å². The van der Waals surface area contributed by atoms with Crippen LogP contribution in [0.2, 0.25) is 0 Å². The third kappa shape index (κ3) is 6.98. The van der Waals surface area contributed by atoms with E-state index in [-0.39, 0.29) is 42.6 Å². The van der Waals surface area contributed by atoms with E-state index in [2.05, 4.69) is 0 Å². The van der Waals surface area contributed by atoms with Gasteiger partial charge in [-0.2, -0.15) is 0 Å². The number of esters is 1. The number of hydrogen-bond acceptors (Lipinski definition) is 9. The molecular weight excluding hydrogens is 442 g/mol. The molecule has 2 heterocycles. The van der Waals surface area contributed by atoms with Gasteiger partial charge in [-0.15, -0.1) is 0 Å². The molecular formula is C25H45NO8. The molecule has 0 aromatic rings. The summed E-state index contributed by atoms with van der Waals surface area (Å²) in [6.45, 7) is 10.2. The van der Waals surface area contributed by atoms with Gasteiger partial charge in [-0.3, -0.25) is 9.59 Å². The van der Waals surface area contributed by atoms with Crippen molar-refractivity contribution in [1.29, 1.82) is 0 Å². The first-order valence-corrected chi connectivity index (χ1v) is 12.4. The van der Waals surface area contributed by atoms with Crippen molar-refractivity contribution in [3.63, 3.8) is 0 Å². The Morgan fingerprint density at radius 3 is 2.32 bits per heavy atom. The van der Waals surface area contributed by atoms with Crippen LogP contribution in [0, 0.1) is 17.8 Å². The summed E-state index contributed by atoms with van der Waals surface area (Å²) in [6.07, 6.45) is -3.78. The molecule has 198 valence electrons. The van der Waals surface area contributed by atoms with Crippen LogP contribution in [0.25, 0.3) is 0 Å². The average Bonchev–Trinajstić information content (AvgIpc) is 2.73. The van der Waals surface area contributed by atoms with Gasteiger partial charge in [0.15, 0.2) is 12.4 Å². The van der Waals surface area contributed by atoms with Crippen molar-refractivity contribution < 1.29 is 39.1 Å². The van der Waals surface area contributed by atoms with Gasteiger partial charge in [0.2, 0.25) is 0 Å². The summed E-state index contributed by atoms with van der Waals surface area (Å²) < 4.78 is 17.8. The molecule has 0 aliphatic carbocycles. The zero-order chi connectivity index (χ0) is 26.0. The second-order valence-electron chi connectivity index (χ2n) is 11.0. The molecule has 0 saturated carbocycles. The van der Waals surface area contributed by atoms with Crippen molar-refractivity contribution in [2.24, 2.45) is 17.8 Å². The minimum atomic E-state index is -1.57. The maximum absolute atomic E-state index is 13.2. The van der Waals surface area contributed by atoms with Gasteiger partial charge in [0.25, 0.3) is 0 Å². The molecule has 0 aromatic carbocycles. The van der Waals surface area contributed by atoms with Crippen LogP contribution in [0.15, 0.2) is 0 Å². The average molecular weight is 488 g/mol. The zero-order valence-corrected chi connectivity index (χ0v) is 21.9. The van der Waals surface area contributed by atoms with Crippen LogP contribution >= 0.6 is 0 Å². The molecule has 2 saturated heterocycles. The van der Waals surface area contributed by atoms with E-state index in [4.69, 9.17) is 14.2 Å². The monoisotopic (exact) mass is 487 g/mol. The number of aliphatic hydroxyl groups is 3. The van der Waals surface area contributed by atoms with Gasteiger partial charge in [-0.25, -0.2) is 0 Å². The molecule has 0 amide bonds. The second kappa shape index (κ2) is 11.8. The van der Waals surface area contributed by atoms with Gasteiger partial charge in [-0.05, 0) is 67.0 Å². The first-order chi connectivity index (χ1) is 15.7. The standard InChI is InChI=1S/C25H45NO8/c1-13-11-14(2)21(33-24-20(29)18(26(7)8)12-15(3)32-24)16(4)23(30)34-22(17(5)27)25(6,31)10-9-19(13)28/h13-18,20-22,24,27,29,31H,9-12H2,1-8H3/t13-,14+,15-,16-,17?,18+,20-,21?,22?,24+,25+/m1/s1. The summed E-state index contributed by atoms with van der Waals surface area (Å²) in [5.74, 6) is -1.96. The highest BCUT2D eigenvalue weighted by Gasteiger charge is 2.45. The lowest BCUT2D eigenvalue weighted by molar-refractivity contribution is -0.279. The minimum Gasteiger partial charge on any atom is -0.456 e. The normalized spacial score (nSPS) is 44.2. The Morgan fingerprint density at radius 2 is 1.76 bits per heavy atom. The Hall–Kier alpha value is -1.10. The lowest BCUT2D eigenvalue weighted by Crippen LogP contribution is -2.56. The van der Waals surface area contributed by atoms with E-state index in [0.717, 1.165) is 0 Å². The summed E-state index contributed by atoms with van der Waals surface area (Å²) in [4.78, 5) is 27.9. The maximum atomic E-state index is 13.2. The summed E-state index contributed by atoms with van der Waals surface area (Å²) in [7, 11) is 3.77. The number of cyclic esters (lactones) is 1. The van der Waals surface area contributed by atoms with Crippen molar-refractivity contribution in [3.05, 3.63) is 0 Å². The van der Waals surface area contributed by atoms with E-state index in [1.54, 1.807) is 6.92 Å². The van der Waals surface area contributed by atoms with E-state index in [1.807, 2.05) is 39.8 Å². The van der Waals surface area contributed by atoms with Gasteiger partial charge in [-0.1, -0.05) is 13.8 Å². The molecule has 3 unspecified atom stereocenters. The van der Waals surface area contributed by atoms with E-state index in [1.165, 1.54) is 13.8 Å². The third-order valence-electron chi connectivity index (χ3n) is 7.44. The molecule has 0 spiro atoms. The number of rotatable bonds is 4. The predicted octanol–water partition coefficient (Wildman–Crippen LogP) is 1.50. The number of hydrogen-bond donors (Lipinski definition) is 3. The van der Waals surface area contributed by atoms with Crippen molar-refractivity contribution >= 4 is 11.8 Å². The Kier molecular flexibility index (Phi) is 10.1. The van der Waals surface area contributed by atoms with Crippen molar-refractivity contribution in [2.45, 2.75) is 116 Å². The van der Waals surface area contributed by atoms with Gasteiger partial charge in [0, 0.05) is 18.4 Å². The smallest absolute Gasteiger partial charge is 0.311 e. The van der Waals surface area contributed by atoms with Gasteiger partial charge >= 0.3 is 5.97 Å². The maximum Gasteiger partial charge on any atom is 0.311 e. The number of likely N-dealkylation sites (N-methyl/N-ethyl adjacent to an activating group) is 1. The van der Waals surface area contributed by atoms with Crippen LogP contribution in [0.5, 0.6) is 0 Å². The first-order valence-electron chi connectivity index (χ1n) is 12.4. The van der Waals surface area contributed by atoms with Crippen LogP contribution in [0.3, 0.4) is 0 Å². The van der Waals surface area contributed by atoms with Crippen LogP contribution in [0.4, 0.5) is 0 Å². The molecule has 0 bridgehead atoms. The predicted molar refractivity (Wildman–Crippen MR) is 126 cm³/mol. The molecule has 0 radical (unpaired) electrons. The molecule has 3 N–H and O–H groups in total. The highest BCUT2D eigenvalue weighted by molar-refractivity contribution is 5.80. The second-order valence-corrected chi connectivity index (χ2v) is 11.0. The van der Waals surface area contributed by atoms with E-state index >= 15 is 0 Å². The van der Waals surface area contributed by atoms with E-state index in [0.29, 0.717) is 12.8 Å². The van der Waals surface area contributed by atoms with E-state index in [9.17, 15) is 24.9 Å². The van der Waals surface area contributed by atoms with Gasteiger partial charge in [0.1, 0.15) is 17.5 Å². The molecule has 2 aliphatic rings. The van der Waals surface area contributed by atoms with Crippen LogP contribution in [0.1, 0.15) is 67.2 Å².